The summed E-state index contributed by atoms with van der Waals surface area (Å²) >= 11 is 0. The molecule has 0 spiro atoms. The number of rotatable bonds is 8. The van der Waals surface area contributed by atoms with Crippen LogP contribution in [0.25, 0.3) is 11.2 Å². The predicted octanol–water partition coefficient (Wildman–Crippen LogP) is 5.66. The van der Waals surface area contributed by atoms with Crippen molar-refractivity contribution in [2.75, 3.05) is 24.3 Å². The Hall–Kier alpha value is -2.42. The molecule has 2 saturated heterocycles. The topological polar surface area (TPSA) is 122 Å². The maximum atomic E-state index is 17.5. The number of anilines is 2. The van der Waals surface area contributed by atoms with Crippen LogP contribution in [0.15, 0.2) is 6.33 Å². The summed E-state index contributed by atoms with van der Waals surface area (Å²) in [5.74, 6) is 2.25. The largest absolute Gasteiger partial charge is 0.414 e. The third-order valence-corrected chi connectivity index (χ3v) is 18.9. The molecule has 43 heavy (non-hydrogen) atoms. The van der Waals surface area contributed by atoms with Crippen molar-refractivity contribution in [2.24, 2.45) is 5.92 Å². The van der Waals surface area contributed by atoms with Crippen LogP contribution in [0.3, 0.4) is 0 Å². The van der Waals surface area contributed by atoms with E-state index in [-0.39, 0.29) is 52.2 Å². The number of hydrogen-bond acceptors (Lipinski definition) is 9. The first kappa shape index (κ1) is 33.5. The quantitative estimate of drug-likeness (QED) is 0.280. The van der Waals surface area contributed by atoms with E-state index in [4.69, 9.17) is 24.1 Å². The number of terminal acetylenes is 1. The lowest BCUT2D eigenvalue weighted by atomic mass is 9.97. The number of carbonyl (C=O) groups is 1. The highest BCUT2D eigenvalue weighted by atomic mass is 28.5. The molecule has 0 unspecified atom stereocenters. The molecule has 4 atom stereocenters. The van der Waals surface area contributed by atoms with Crippen LogP contribution in [0.4, 0.5) is 16.2 Å². The Kier molecular flexibility index (Phi) is 9.47. The summed E-state index contributed by atoms with van der Waals surface area (Å²) in [7, 11) is -4.38. The van der Waals surface area contributed by atoms with Crippen LogP contribution in [-0.2, 0) is 22.5 Å². The molecule has 4 rings (SSSR count). The summed E-state index contributed by atoms with van der Waals surface area (Å²) < 4.78 is 46.4. The number of nitrogens with zero attached hydrogens (tertiary/aromatic N) is 4. The van der Waals surface area contributed by atoms with Gasteiger partial charge in [-0.3, -0.25) is 14.7 Å². The second kappa shape index (κ2) is 12.2. The highest BCUT2D eigenvalue weighted by molar-refractivity contribution is 6.84. The second-order valence-electron chi connectivity index (χ2n) is 13.1. The van der Waals surface area contributed by atoms with Crippen molar-refractivity contribution >= 4 is 46.0 Å². The minimum Gasteiger partial charge on any atom is -0.414 e. The van der Waals surface area contributed by atoms with Crippen molar-refractivity contribution in [3.8, 4) is 12.3 Å². The molecule has 0 radical (unpaired) electrons. The molecule has 2 aliphatic heterocycles. The van der Waals surface area contributed by atoms with Gasteiger partial charge in [-0.1, -0.05) is 75.2 Å². The number of carbonyl (C=O) groups excluding carboxylic acids is 1. The van der Waals surface area contributed by atoms with Gasteiger partial charge in [-0.15, -0.1) is 6.42 Å². The van der Waals surface area contributed by atoms with Crippen molar-refractivity contribution in [1.29, 1.82) is 0 Å². The van der Waals surface area contributed by atoms with E-state index in [1.54, 1.807) is 20.9 Å². The van der Waals surface area contributed by atoms with Gasteiger partial charge in [-0.05, 0) is 22.2 Å². The minimum atomic E-state index is -3.18. The van der Waals surface area contributed by atoms with Crippen LogP contribution in [0.5, 0.6) is 0 Å². The van der Waals surface area contributed by atoms with Gasteiger partial charge in [0.05, 0.1) is 12.9 Å². The average Bonchev–Trinajstić information content (AvgIpc) is 3.45. The summed E-state index contributed by atoms with van der Waals surface area (Å²) in [5.41, 5.74) is -1.61. The molecular formula is C29H47FN6O5Si2. The fourth-order valence-electron chi connectivity index (χ4n) is 6.15. The van der Waals surface area contributed by atoms with Gasteiger partial charge in [0.2, 0.25) is 17.5 Å². The Bertz CT molecular complexity index is 1360. The molecule has 0 aromatic carbocycles. The molecule has 0 saturated carbocycles. The third kappa shape index (κ3) is 5.53. The van der Waals surface area contributed by atoms with E-state index in [9.17, 15) is 4.79 Å². The lowest BCUT2D eigenvalue weighted by Crippen LogP contribution is -2.66. The molecule has 4 heterocycles. The molecule has 2 N–H and O–H groups in total. The summed E-state index contributed by atoms with van der Waals surface area (Å²) in [4.78, 5) is 25.8. The van der Waals surface area contributed by atoms with E-state index in [0.29, 0.717) is 11.3 Å². The summed E-state index contributed by atoms with van der Waals surface area (Å²) in [5, 5.41) is 5.69. The summed E-state index contributed by atoms with van der Waals surface area (Å²) in [6.45, 7) is 20.4. The van der Waals surface area contributed by atoms with Crippen molar-refractivity contribution in [1.82, 2.24) is 19.5 Å². The van der Waals surface area contributed by atoms with Crippen LogP contribution in [-0.4, -0.2) is 74.1 Å². The first-order chi connectivity index (χ1) is 20.1. The van der Waals surface area contributed by atoms with Crippen molar-refractivity contribution < 1.29 is 26.9 Å². The highest BCUT2D eigenvalue weighted by Crippen LogP contribution is 2.52. The van der Waals surface area contributed by atoms with Gasteiger partial charge in [-0.25, -0.2) is 9.37 Å². The molecule has 238 valence electrons. The van der Waals surface area contributed by atoms with Gasteiger partial charge in [0.25, 0.3) is 0 Å². The second-order valence-corrected chi connectivity index (χ2v) is 21.9. The Morgan fingerprint density at radius 3 is 2.19 bits per heavy atom. The van der Waals surface area contributed by atoms with Gasteiger partial charge in [-0.2, -0.15) is 9.97 Å². The van der Waals surface area contributed by atoms with Gasteiger partial charge in [0, 0.05) is 13.0 Å². The van der Waals surface area contributed by atoms with E-state index < -0.39 is 41.2 Å². The number of aromatic nitrogens is 4. The van der Waals surface area contributed by atoms with Crippen molar-refractivity contribution in [3.63, 3.8) is 0 Å². The Balaban J connectivity index is 1.87. The van der Waals surface area contributed by atoms with Crippen molar-refractivity contribution in [3.05, 3.63) is 6.33 Å². The van der Waals surface area contributed by atoms with E-state index in [1.165, 1.54) is 10.9 Å². The van der Waals surface area contributed by atoms with Crippen LogP contribution in [0, 0.1) is 18.3 Å². The standard InChI is InChI=1S/C29H47FN6O5Si2/c1-13-29(30)23-21(14-38-42(17(4)5,18(6)7)41-43(40-23,19(8)9)20(10)11)39-27(29)36-15-32-22-24(31-12)33-28(34-25(22)36)35-26(37)16(2)3/h1,15-21,23,27H,14H2,2-12H3,(H2,31,33,34,35,37)/t21-,23-,27-,29-/m1/s1. The summed E-state index contributed by atoms with van der Waals surface area (Å²) in [6, 6.07) is 0. The minimum absolute atomic E-state index is 0.0209. The zero-order valence-corrected chi connectivity index (χ0v) is 29.2. The van der Waals surface area contributed by atoms with E-state index in [2.05, 4.69) is 86.9 Å². The lowest BCUT2D eigenvalue weighted by molar-refractivity contribution is -0.118. The Labute approximate surface area is 256 Å². The first-order valence-electron chi connectivity index (χ1n) is 15.1. The fraction of sp³-hybridized carbons (Fsp3) is 0.724. The normalized spacial score (nSPS) is 27.0. The monoisotopic (exact) mass is 634 g/mol. The number of amides is 1. The highest BCUT2D eigenvalue weighted by Gasteiger charge is 2.66. The van der Waals surface area contributed by atoms with Crippen LogP contribution in [0.2, 0.25) is 22.2 Å². The molecule has 1 amide bonds. The molecule has 0 bridgehead atoms. The van der Waals surface area contributed by atoms with Crippen LogP contribution in [0.1, 0.15) is 75.5 Å². The molecular weight excluding hydrogens is 588 g/mol. The van der Waals surface area contributed by atoms with Gasteiger partial charge >= 0.3 is 17.1 Å². The van der Waals surface area contributed by atoms with Crippen LogP contribution >= 0.6 is 0 Å². The SMILES string of the molecule is C#C[C@@]1(F)[C@@H]2O[Si](C(C)C)(C(C)C)O[Si](C(C)C)(C(C)C)OC[C@H]2O[C@H]1n1cnc2c(NC)nc(NC(=O)C(C)C)nc21. The third-order valence-electron chi connectivity index (χ3n) is 8.63. The Morgan fingerprint density at radius 2 is 1.67 bits per heavy atom. The summed E-state index contributed by atoms with van der Waals surface area (Å²) in [6.07, 6.45) is 4.12. The molecule has 2 aromatic rings. The molecule has 0 aliphatic carbocycles. The number of alkyl halides is 1. The van der Waals surface area contributed by atoms with Crippen LogP contribution < -0.4 is 10.6 Å². The maximum Gasteiger partial charge on any atom is 0.335 e. The fourth-order valence-corrected chi connectivity index (χ4v) is 17.4. The zero-order valence-electron chi connectivity index (χ0n) is 27.2. The number of halogens is 1. The average molecular weight is 635 g/mol. The molecule has 2 fully saturated rings. The van der Waals surface area contributed by atoms with Gasteiger partial charge in [0.1, 0.15) is 12.2 Å². The number of fused-ring (bicyclic) bond motifs is 2. The first-order valence-corrected chi connectivity index (χ1v) is 19.1. The van der Waals surface area contributed by atoms with Gasteiger partial charge in [0.15, 0.2) is 23.2 Å². The molecule has 2 aromatic heterocycles. The van der Waals surface area contributed by atoms with Crippen molar-refractivity contribution in [2.45, 2.75) is 116 Å². The van der Waals surface area contributed by atoms with E-state index in [0.717, 1.165) is 0 Å². The zero-order chi connectivity index (χ0) is 32.1. The van der Waals surface area contributed by atoms with Gasteiger partial charge < -0.3 is 23.0 Å². The predicted molar refractivity (Wildman–Crippen MR) is 169 cm³/mol. The van der Waals surface area contributed by atoms with E-state index in [1.807, 2.05) is 0 Å². The number of ether oxygens (including phenoxy) is 1. The smallest absolute Gasteiger partial charge is 0.335 e. The molecule has 2 aliphatic rings. The molecule has 11 nitrogen and oxygen atoms in total. The van der Waals surface area contributed by atoms with E-state index >= 15 is 4.39 Å². The maximum absolute atomic E-state index is 17.5. The number of hydrogen-bond donors (Lipinski definition) is 2. The Morgan fingerprint density at radius 1 is 1.07 bits per heavy atom. The molecule has 14 heteroatoms. The number of imidazole rings is 1. The number of nitrogens with one attached hydrogen (secondary N) is 2. The lowest BCUT2D eigenvalue weighted by Gasteiger charge is -2.51.